The van der Waals surface area contributed by atoms with Gasteiger partial charge in [0.05, 0.1) is 9.82 Å². The fraction of sp³-hybridized carbons (Fsp3) is 0.0833. The van der Waals surface area contributed by atoms with Crippen LogP contribution >= 0.6 is 0 Å². The first-order chi connectivity index (χ1) is 8.93. The predicted molar refractivity (Wildman–Crippen MR) is 67.5 cm³/mol. The second-order valence-electron chi connectivity index (χ2n) is 3.91. The molecular weight excluding hydrogens is 268 g/mol. The molecule has 0 saturated heterocycles. The highest BCUT2D eigenvalue weighted by Gasteiger charge is 2.29. The van der Waals surface area contributed by atoms with Gasteiger partial charge in [0.2, 0.25) is 14.9 Å². The van der Waals surface area contributed by atoms with Gasteiger partial charge < -0.3 is 0 Å². The third-order valence-corrected chi connectivity index (χ3v) is 4.19. The molecule has 0 saturated carbocycles. The van der Waals surface area contributed by atoms with E-state index in [9.17, 15) is 18.5 Å². The molecule has 0 aliphatic carbocycles. The van der Waals surface area contributed by atoms with Crippen molar-refractivity contribution in [1.82, 2.24) is 4.98 Å². The van der Waals surface area contributed by atoms with Crippen molar-refractivity contribution in [3.05, 3.63) is 58.3 Å². The normalized spacial score (nSPS) is 11.2. The second-order valence-corrected chi connectivity index (χ2v) is 5.78. The van der Waals surface area contributed by atoms with Gasteiger partial charge in [0.1, 0.15) is 0 Å². The van der Waals surface area contributed by atoms with Gasteiger partial charge >= 0.3 is 5.69 Å². The van der Waals surface area contributed by atoms with Crippen LogP contribution in [-0.4, -0.2) is 18.3 Å². The van der Waals surface area contributed by atoms with Crippen LogP contribution in [-0.2, 0) is 9.84 Å². The Morgan fingerprint density at radius 2 is 1.84 bits per heavy atom. The van der Waals surface area contributed by atoms with Crippen molar-refractivity contribution < 1.29 is 13.3 Å². The van der Waals surface area contributed by atoms with E-state index in [0.717, 1.165) is 0 Å². The molecule has 1 heterocycles. The summed E-state index contributed by atoms with van der Waals surface area (Å²) in [4.78, 5) is 13.9. The standard InChI is InChI=1S/C12H10N2O4S/c1-9-7-11(14(15)16)12(13-8-9)19(17,18)10-5-3-2-4-6-10/h2-8H,1H3. The number of benzene rings is 1. The van der Waals surface area contributed by atoms with Crippen molar-refractivity contribution in [3.8, 4) is 0 Å². The van der Waals surface area contributed by atoms with Crippen LogP contribution in [0.1, 0.15) is 5.56 Å². The Hall–Kier alpha value is -2.28. The van der Waals surface area contributed by atoms with E-state index in [4.69, 9.17) is 0 Å². The summed E-state index contributed by atoms with van der Waals surface area (Å²) in [5, 5.41) is 10.4. The number of hydrogen-bond donors (Lipinski definition) is 0. The molecule has 0 radical (unpaired) electrons. The number of aromatic nitrogens is 1. The van der Waals surface area contributed by atoms with Crippen LogP contribution in [0.2, 0.25) is 0 Å². The minimum Gasteiger partial charge on any atom is -0.258 e. The van der Waals surface area contributed by atoms with Crippen molar-refractivity contribution in [3.63, 3.8) is 0 Å². The molecule has 2 aromatic rings. The molecule has 0 bridgehead atoms. The topological polar surface area (TPSA) is 90.2 Å². The summed E-state index contributed by atoms with van der Waals surface area (Å²) in [5.41, 5.74) is 0.0163. The molecular formula is C12H10N2O4S. The van der Waals surface area contributed by atoms with Gasteiger partial charge in [-0.1, -0.05) is 18.2 Å². The summed E-state index contributed by atoms with van der Waals surface area (Å²) >= 11 is 0. The van der Waals surface area contributed by atoms with Gasteiger partial charge in [-0.25, -0.2) is 13.4 Å². The molecule has 0 spiro atoms. The van der Waals surface area contributed by atoms with Gasteiger partial charge in [0, 0.05) is 12.3 Å². The number of pyridine rings is 1. The summed E-state index contributed by atoms with van der Waals surface area (Å²) in [7, 11) is -3.98. The Labute approximate surface area is 109 Å². The van der Waals surface area contributed by atoms with E-state index >= 15 is 0 Å². The minimum atomic E-state index is -3.98. The number of rotatable bonds is 3. The zero-order chi connectivity index (χ0) is 14.0. The minimum absolute atomic E-state index is 0.0190. The van der Waals surface area contributed by atoms with Crippen LogP contribution < -0.4 is 0 Å². The van der Waals surface area contributed by atoms with E-state index in [-0.39, 0.29) is 4.90 Å². The molecule has 1 aromatic heterocycles. The monoisotopic (exact) mass is 278 g/mol. The van der Waals surface area contributed by atoms with E-state index in [1.54, 1.807) is 25.1 Å². The second kappa shape index (κ2) is 4.77. The zero-order valence-electron chi connectivity index (χ0n) is 9.98. The summed E-state index contributed by atoms with van der Waals surface area (Å²) in [5.74, 6) is 0. The molecule has 19 heavy (non-hydrogen) atoms. The van der Waals surface area contributed by atoms with Crippen LogP contribution in [0, 0.1) is 17.0 Å². The van der Waals surface area contributed by atoms with E-state index in [2.05, 4.69) is 4.98 Å². The van der Waals surface area contributed by atoms with Crippen LogP contribution in [0.5, 0.6) is 0 Å². The maximum atomic E-state index is 12.3. The highest BCUT2D eigenvalue weighted by atomic mass is 32.2. The zero-order valence-corrected chi connectivity index (χ0v) is 10.8. The lowest BCUT2D eigenvalue weighted by molar-refractivity contribution is -0.388. The van der Waals surface area contributed by atoms with Crippen molar-refractivity contribution in [2.75, 3.05) is 0 Å². The highest BCUT2D eigenvalue weighted by Crippen LogP contribution is 2.27. The Bertz CT molecular complexity index is 727. The Morgan fingerprint density at radius 3 is 2.42 bits per heavy atom. The number of nitro groups is 1. The molecule has 0 amide bonds. The maximum Gasteiger partial charge on any atom is 0.307 e. The number of hydrogen-bond acceptors (Lipinski definition) is 5. The van der Waals surface area contributed by atoms with Gasteiger partial charge in [0.25, 0.3) is 0 Å². The molecule has 0 aliphatic rings. The van der Waals surface area contributed by atoms with Crippen molar-refractivity contribution in [2.45, 2.75) is 16.8 Å². The highest BCUT2D eigenvalue weighted by molar-refractivity contribution is 7.91. The van der Waals surface area contributed by atoms with Crippen LogP contribution in [0.25, 0.3) is 0 Å². The van der Waals surface area contributed by atoms with Crippen LogP contribution in [0.3, 0.4) is 0 Å². The number of aryl methyl sites for hydroxylation is 1. The van der Waals surface area contributed by atoms with Crippen LogP contribution in [0.4, 0.5) is 5.69 Å². The first-order valence-corrected chi connectivity index (χ1v) is 6.82. The lowest BCUT2D eigenvalue weighted by Crippen LogP contribution is -2.08. The SMILES string of the molecule is Cc1cnc(S(=O)(=O)c2ccccc2)c([N+](=O)[O-])c1. The lowest BCUT2D eigenvalue weighted by atomic mass is 10.3. The third-order valence-electron chi connectivity index (χ3n) is 2.47. The molecule has 6 nitrogen and oxygen atoms in total. The summed E-state index contributed by atoms with van der Waals surface area (Å²) in [6.07, 6.45) is 1.29. The molecule has 0 unspecified atom stereocenters. The maximum absolute atomic E-state index is 12.3. The molecule has 98 valence electrons. The van der Waals surface area contributed by atoms with E-state index in [1.165, 1.54) is 24.4 Å². The summed E-state index contributed by atoms with van der Waals surface area (Å²) in [6, 6.07) is 8.71. The van der Waals surface area contributed by atoms with Gasteiger partial charge in [-0.3, -0.25) is 10.1 Å². The number of sulfone groups is 1. The average molecular weight is 278 g/mol. The van der Waals surface area contributed by atoms with E-state index in [0.29, 0.717) is 5.56 Å². The molecule has 0 atom stereocenters. The Balaban J connectivity index is 2.69. The Kier molecular flexibility index (Phi) is 3.30. The lowest BCUT2D eigenvalue weighted by Gasteiger charge is -2.04. The quantitative estimate of drug-likeness (QED) is 0.633. The van der Waals surface area contributed by atoms with Gasteiger partial charge in [-0.2, -0.15) is 0 Å². The van der Waals surface area contributed by atoms with Crippen molar-refractivity contribution >= 4 is 15.5 Å². The first-order valence-electron chi connectivity index (χ1n) is 5.34. The summed E-state index contributed by atoms with van der Waals surface area (Å²) < 4.78 is 24.6. The van der Waals surface area contributed by atoms with Crippen molar-refractivity contribution in [1.29, 1.82) is 0 Å². The largest absolute Gasteiger partial charge is 0.307 e. The van der Waals surface area contributed by atoms with E-state index in [1.807, 2.05) is 0 Å². The summed E-state index contributed by atoms with van der Waals surface area (Å²) in [6.45, 7) is 1.61. The van der Waals surface area contributed by atoms with Gasteiger partial charge in [0.15, 0.2) is 0 Å². The van der Waals surface area contributed by atoms with Gasteiger partial charge in [-0.15, -0.1) is 0 Å². The average Bonchev–Trinajstić information content (AvgIpc) is 2.39. The molecule has 0 aliphatic heterocycles. The molecule has 7 heteroatoms. The third kappa shape index (κ3) is 2.45. The van der Waals surface area contributed by atoms with Gasteiger partial charge in [-0.05, 0) is 24.6 Å². The number of nitrogens with zero attached hydrogens (tertiary/aromatic N) is 2. The molecule has 1 aromatic carbocycles. The van der Waals surface area contributed by atoms with Crippen LogP contribution in [0.15, 0.2) is 52.5 Å². The molecule has 2 rings (SSSR count). The molecule has 0 N–H and O–H groups in total. The molecule has 0 fully saturated rings. The fourth-order valence-electron chi connectivity index (χ4n) is 1.59. The smallest absolute Gasteiger partial charge is 0.258 e. The predicted octanol–water partition coefficient (Wildman–Crippen LogP) is 2.13. The first kappa shape index (κ1) is 13.2. The fourth-order valence-corrected chi connectivity index (χ4v) is 2.93. The van der Waals surface area contributed by atoms with E-state index < -0.39 is 25.5 Å². The Morgan fingerprint density at radius 1 is 1.21 bits per heavy atom. The van der Waals surface area contributed by atoms with Crippen molar-refractivity contribution in [2.24, 2.45) is 0 Å².